The van der Waals surface area contributed by atoms with E-state index in [-0.39, 0.29) is 11.7 Å². The van der Waals surface area contributed by atoms with E-state index in [2.05, 4.69) is 4.98 Å². The average molecular weight is 217 g/mol. The minimum atomic E-state index is -0.972. The van der Waals surface area contributed by atoms with Gasteiger partial charge in [0, 0.05) is 23.8 Å². The van der Waals surface area contributed by atoms with E-state index in [0.29, 0.717) is 5.69 Å². The maximum Gasteiger partial charge on any atom is 0.354 e. The highest BCUT2D eigenvalue weighted by atomic mass is 16.4. The number of carboxylic acid groups (broad SMARTS) is 1. The number of aromatic nitrogens is 2. The molecule has 3 N–H and O–H groups in total. The molecule has 0 amide bonds. The molecule has 0 radical (unpaired) electrons. The fraction of sp³-hybridized carbons (Fsp3) is 0.273. The first-order chi connectivity index (χ1) is 7.70. The van der Waals surface area contributed by atoms with Gasteiger partial charge in [-0.15, -0.1) is 0 Å². The number of carbonyl (C=O) groups is 1. The van der Waals surface area contributed by atoms with Crippen LogP contribution >= 0.6 is 0 Å². The second-order valence-electron chi connectivity index (χ2n) is 4.06. The zero-order valence-corrected chi connectivity index (χ0v) is 8.55. The summed E-state index contributed by atoms with van der Waals surface area (Å²) in [7, 11) is 0. The summed E-state index contributed by atoms with van der Waals surface area (Å²) >= 11 is 0. The molecule has 5 nitrogen and oxygen atoms in total. The molecule has 0 saturated heterocycles. The van der Waals surface area contributed by atoms with Gasteiger partial charge in [0.15, 0.2) is 5.69 Å². The van der Waals surface area contributed by atoms with Crippen molar-refractivity contribution in [2.45, 2.75) is 18.9 Å². The molecule has 1 aliphatic carbocycles. The SMILES string of the molecule is Nc1c(C(=O)O)n(C2CC2)c2ccncc12. The molecule has 1 aliphatic rings. The molecule has 82 valence electrons. The summed E-state index contributed by atoms with van der Waals surface area (Å²) < 4.78 is 1.83. The van der Waals surface area contributed by atoms with E-state index >= 15 is 0 Å². The molecule has 5 heteroatoms. The highest BCUT2D eigenvalue weighted by Crippen LogP contribution is 2.41. The average Bonchev–Trinajstić information content (AvgIpc) is 3.05. The van der Waals surface area contributed by atoms with Crippen LogP contribution in [0.2, 0.25) is 0 Å². The molecule has 0 spiro atoms. The van der Waals surface area contributed by atoms with Crippen LogP contribution in [0.3, 0.4) is 0 Å². The van der Waals surface area contributed by atoms with Gasteiger partial charge in [0.2, 0.25) is 0 Å². The molecule has 0 atom stereocenters. The van der Waals surface area contributed by atoms with Crippen molar-refractivity contribution < 1.29 is 9.90 Å². The van der Waals surface area contributed by atoms with Crippen molar-refractivity contribution in [1.82, 2.24) is 9.55 Å². The summed E-state index contributed by atoms with van der Waals surface area (Å²) in [4.78, 5) is 15.2. The van der Waals surface area contributed by atoms with Crippen molar-refractivity contribution >= 4 is 22.6 Å². The maximum absolute atomic E-state index is 11.2. The molecule has 1 fully saturated rings. The summed E-state index contributed by atoms with van der Waals surface area (Å²) in [5.41, 5.74) is 7.25. The number of carboxylic acids is 1. The summed E-state index contributed by atoms with van der Waals surface area (Å²) in [5, 5.41) is 9.93. The highest BCUT2D eigenvalue weighted by Gasteiger charge is 2.31. The molecular formula is C11H11N3O2. The molecule has 1 saturated carbocycles. The van der Waals surface area contributed by atoms with E-state index in [0.717, 1.165) is 23.7 Å². The molecule has 0 bridgehead atoms. The van der Waals surface area contributed by atoms with Crippen LogP contribution in [0.15, 0.2) is 18.5 Å². The van der Waals surface area contributed by atoms with E-state index in [1.54, 1.807) is 12.4 Å². The number of aromatic carboxylic acids is 1. The molecule has 0 aromatic carbocycles. The second kappa shape index (κ2) is 2.98. The molecule has 0 unspecified atom stereocenters. The lowest BCUT2D eigenvalue weighted by Crippen LogP contribution is -2.09. The van der Waals surface area contributed by atoms with Crippen molar-refractivity contribution in [3.05, 3.63) is 24.2 Å². The Balaban J connectivity index is 2.41. The van der Waals surface area contributed by atoms with Crippen LogP contribution in [0, 0.1) is 0 Å². The maximum atomic E-state index is 11.2. The normalized spacial score (nSPS) is 15.5. The lowest BCUT2D eigenvalue weighted by Gasteiger charge is -2.05. The lowest BCUT2D eigenvalue weighted by atomic mass is 10.3. The number of hydrogen-bond donors (Lipinski definition) is 2. The molecule has 2 aromatic rings. The zero-order chi connectivity index (χ0) is 11.3. The number of fused-ring (bicyclic) bond motifs is 1. The Labute approximate surface area is 91.5 Å². The van der Waals surface area contributed by atoms with Gasteiger partial charge in [0.25, 0.3) is 0 Å². The van der Waals surface area contributed by atoms with Gasteiger partial charge in [-0.05, 0) is 18.9 Å². The van der Waals surface area contributed by atoms with Gasteiger partial charge in [-0.2, -0.15) is 0 Å². The van der Waals surface area contributed by atoms with Gasteiger partial charge in [-0.3, -0.25) is 4.98 Å². The highest BCUT2D eigenvalue weighted by molar-refractivity contribution is 6.05. The standard InChI is InChI=1S/C11H11N3O2/c12-9-7-5-13-4-3-8(7)14(6-1-2-6)10(9)11(15)16/h3-6H,1-2,12H2,(H,15,16). The Kier molecular flexibility index (Phi) is 1.71. The van der Waals surface area contributed by atoms with Crippen LogP contribution in [0.1, 0.15) is 29.4 Å². The number of hydrogen-bond acceptors (Lipinski definition) is 3. The largest absolute Gasteiger partial charge is 0.477 e. The first-order valence-electron chi connectivity index (χ1n) is 5.17. The molecule has 0 aliphatic heterocycles. The van der Waals surface area contributed by atoms with E-state index in [4.69, 9.17) is 5.73 Å². The van der Waals surface area contributed by atoms with Gasteiger partial charge in [-0.25, -0.2) is 4.79 Å². The van der Waals surface area contributed by atoms with Crippen LogP contribution in [0.25, 0.3) is 10.9 Å². The van der Waals surface area contributed by atoms with Crippen molar-refractivity contribution in [1.29, 1.82) is 0 Å². The van der Waals surface area contributed by atoms with Crippen LogP contribution < -0.4 is 5.73 Å². The Morgan fingerprint density at radius 2 is 2.31 bits per heavy atom. The summed E-state index contributed by atoms with van der Waals surface area (Å²) in [6.07, 6.45) is 5.32. The van der Waals surface area contributed by atoms with Gasteiger partial charge in [-0.1, -0.05) is 0 Å². The monoisotopic (exact) mass is 217 g/mol. The van der Waals surface area contributed by atoms with E-state index < -0.39 is 5.97 Å². The van der Waals surface area contributed by atoms with Crippen LogP contribution in [0.5, 0.6) is 0 Å². The molecule has 2 heterocycles. The number of rotatable bonds is 2. The quantitative estimate of drug-likeness (QED) is 0.801. The lowest BCUT2D eigenvalue weighted by molar-refractivity contribution is 0.0687. The number of nitrogens with two attached hydrogens (primary N) is 1. The van der Waals surface area contributed by atoms with Crippen molar-refractivity contribution in [2.24, 2.45) is 0 Å². The Morgan fingerprint density at radius 3 is 2.94 bits per heavy atom. The van der Waals surface area contributed by atoms with Gasteiger partial charge in [0.1, 0.15) is 0 Å². The third-order valence-corrected chi connectivity index (χ3v) is 2.96. The van der Waals surface area contributed by atoms with Crippen LogP contribution in [-0.2, 0) is 0 Å². The minimum absolute atomic E-state index is 0.200. The fourth-order valence-corrected chi connectivity index (χ4v) is 2.11. The van der Waals surface area contributed by atoms with Crippen LogP contribution in [-0.4, -0.2) is 20.6 Å². The van der Waals surface area contributed by atoms with Gasteiger partial charge < -0.3 is 15.4 Å². The number of nitrogen functional groups attached to an aromatic ring is 1. The van der Waals surface area contributed by atoms with Crippen molar-refractivity contribution in [3.8, 4) is 0 Å². The minimum Gasteiger partial charge on any atom is -0.477 e. The van der Waals surface area contributed by atoms with E-state index in [9.17, 15) is 9.90 Å². The van der Waals surface area contributed by atoms with Crippen molar-refractivity contribution in [3.63, 3.8) is 0 Å². The molecule has 16 heavy (non-hydrogen) atoms. The smallest absolute Gasteiger partial charge is 0.354 e. The predicted octanol–water partition coefficient (Wildman–Crippen LogP) is 1.65. The number of anilines is 1. The first-order valence-corrected chi connectivity index (χ1v) is 5.17. The van der Waals surface area contributed by atoms with Gasteiger partial charge in [0.05, 0.1) is 11.2 Å². The first kappa shape index (κ1) is 9.21. The topological polar surface area (TPSA) is 81.1 Å². The summed E-state index contributed by atoms with van der Waals surface area (Å²) in [6.45, 7) is 0. The second-order valence-corrected chi connectivity index (χ2v) is 4.06. The fourth-order valence-electron chi connectivity index (χ4n) is 2.11. The van der Waals surface area contributed by atoms with E-state index in [1.807, 2.05) is 10.6 Å². The predicted molar refractivity (Wildman–Crippen MR) is 59.4 cm³/mol. The molecular weight excluding hydrogens is 206 g/mol. The zero-order valence-electron chi connectivity index (χ0n) is 8.55. The Bertz CT molecular complexity index is 584. The molecule has 2 aromatic heterocycles. The molecule has 3 rings (SSSR count). The Morgan fingerprint density at radius 1 is 1.56 bits per heavy atom. The van der Waals surface area contributed by atoms with Crippen molar-refractivity contribution in [2.75, 3.05) is 5.73 Å². The summed E-state index contributed by atoms with van der Waals surface area (Å²) in [6, 6.07) is 2.10. The van der Waals surface area contributed by atoms with Gasteiger partial charge >= 0.3 is 5.97 Å². The third kappa shape index (κ3) is 1.11. The Hall–Kier alpha value is -2.04. The van der Waals surface area contributed by atoms with Crippen LogP contribution in [0.4, 0.5) is 5.69 Å². The number of nitrogens with zero attached hydrogens (tertiary/aromatic N) is 2. The van der Waals surface area contributed by atoms with E-state index in [1.165, 1.54) is 0 Å². The summed E-state index contributed by atoms with van der Waals surface area (Å²) in [5.74, 6) is -0.972. The number of pyridine rings is 1. The third-order valence-electron chi connectivity index (χ3n) is 2.96.